The summed E-state index contributed by atoms with van der Waals surface area (Å²) in [6.45, 7) is 2.46. The molecule has 0 fully saturated rings. The maximum Gasteiger partial charge on any atom is 0.299 e. The first-order valence-corrected chi connectivity index (χ1v) is 6.12. The predicted molar refractivity (Wildman–Crippen MR) is 60.6 cm³/mol. The van der Waals surface area contributed by atoms with Crippen molar-refractivity contribution >= 4 is 15.9 Å². The van der Waals surface area contributed by atoms with Crippen LogP contribution in [0.1, 0.15) is 12.5 Å². The number of hydrogen-bond acceptors (Lipinski definition) is 3. The van der Waals surface area contributed by atoms with Crippen LogP contribution < -0.4 is 15.2 Å². The molecular formula is C9H15N3O2S. The molecule has 0 spiro atoms. The van der Waals surface area contributed by atoms with Crippen molar-refractivity contribution in [3.05, 3.63) is 29.8 Å². The first kappa shape index (κ1) is 12.0. The van der Waals surface area contributed by atoms with Crippen LogP contribution in [0.25, 0.3) is 0 Å². The smallest absolute Gasteiger partial charge is 0.299 e. The summed E-state index contributed by atoms with van der Waals surface area (Å²) in [6.07, 6.45) is 0. The molecule has 0 unspecified atom stereocenters. The average molecular weight is 229 g/mol. The lowest BCUT2D eigenvalue weighted by molar-refractivity contribution is 0.589. The quantitative estimate of drug-likeness (QED) is 0.683. The van der Waals surface area contributed by atoms with Gasteiger partial charge >= 0.3 is 0 Å². The van der Waals surface area contributed by atoms with E-state index in [0.29, 0.717) is 18.8 Å². The zero-order valence-electron chi connectivity index (χ0n) is 8.53. The Labute approximate surface area is 89.9 Å². The monoisotopic (exact) mass is 229 g/mol. The molecule has 0 saturated heterocycles. The van der Waals surface area contributed by atoms with Gasteiger partial charge in [0, 0.05) is 13.1 Å². The minimum Gasteiger partial charge on any atom is -0.326 e. The highest BCUT2D eigenvalue weighted by molar-refractivity contribution is 7.90. The lowest BCUT2D eigenvalue weighted by atomic mass is 10.2. The SMILES string of the molecule is CCNS(=O)(=O)Nc1cccc(CN)c1. The normalized spacial score (nSPS) is 11.3. The van der Waals surface area contributed by atoms with Crippen LogP contribution >= 0.6 is 0 Å². The second-order valence-electron chi connectivity index (χ2n) is 3.01. The fourth-order valence-corrected chi connectivity index (χ4v) is 2.03. The summed E-state index contributed by atoms with van der Waals surface area (Å²) in [5.41, 5.74) is 6.84. The van der Waals surface area contributed by atoms with Gasteiger partial charge in [0.1, 0.15) is 0 Å². The minimum atomic E-state index is -3.45. The Morgan fingerprint density at radius 2 is 2.13 bits per heavy atom. The number of nitrogens with one attached hydrogen (secondary N) is 2. The molecule has 0 amide bonds. The number of anilines is 1. The Morgan fingerprint density at radius 1 is 1.40 bits per heavy atom. The number of benzene rings is 1. The van der Waals surface area contributed by atoms with Gasteiger partial charge in [0.05, 0.1) is 5.69 Å². The highest BCUT2D eigenvalue weighted by atomic mass is 32.2. The highest BCUT2D eigenvalue weighted by Gasteiger charge is 2.07. The summed E-state index contributed by atoms with van der Waals surface area (Å²) in [5.74, 6) is 0. The Morgan fingerprint density at radius 3 is 2.73 bits per heavy atom. The third kappa shape index (κ3) is 3.86. The third-order valence-corrected chi connectivity index (χ3v) is 2.92. The molecule has 84 valence electrons. The van der Waals surface area contributed by atoms with Crippen LogP contribution in [-0.4, -0.2) is 15.0 Å². The molecule has 0 aliphatic heterocycles. The van der Waals surface area contributed by atoms with Crippen LogP contribution in [-0.2, 0) is 16.8 Å². The first-order valence-electron chi connectivity index (χ1n) is 4.64. The zero-order valence-corrected chi connectivity index (χ0v) is 9.34. The van der Waals surface area contributed by atoms with E-state index >= 15 is 0 Å². The molecule has 5 nitrogen and oxygen atoms in total. The van der Waals surface area contributed by atoms with Crippen LogP contribution in [0.3, 0.4) is 0 Å². The number of rotatable bonds is 5. The molecular weight excluding hydrogens is 214 g/mol. The van der Waals surface area contributed by atoms with E-state index in [9.17, 15) is 8.42 Å². The van der Waals surface area contributed by atoms with E-state index in [2.05, 4.69) is 9.44 Å². The van der Waals surface area contributed by atoms with Gasteiger partial charge in [-0.3, -0.25) is 4.72 Å². The number of nitrogens with two attached hydrogens (primary N) is 1. The first-order chi connectivity index (χ1) is 7.07. The Kier molecular flexibility index (Phi) is 4.07. The summed E-state index contributed by atoms with van der Waals surface area (Å²) < 4.78 is 27.4. The van der Waals surface area contributed by atoms with Gasteiger partial charge < -0.3 is 5.73 Å². The van der Waals surface area contributed by atoms with E-state index in [1.807, 2.05) is 6.07 Å². The largest absolute Gasteiger partial charge is 0.326 e. The summed E-state index contributed by atoms with van der Waals surface area (Å²) in [5, 5.41) is 0. The van der Waals surface area contributed by atoms with E-state index < -0.39 is 10.2 Å². The molecule has 1 rings (SSSR count). The highest BCUT2D eigenvalue weighted by Crippen LogP contribution is 2.11. The molecule has 0 aliphatic carbocycles. The molecule has 0 radical (unpaired) electrons. The number of hydrogen-bond donors (Lipinski definition) is 3. The Bertz CT molecular complexity index is 417. The van der Waals surface area contributed by atoms with Crippen molar-refractivity contribution in [1.82, 2.24) is 4.72 Å². The van der Waals surface area contributed by atoms with E-state index in [1.165, 1.54) is 0 Å². The fourth-order valence-electron chi connectivity index (χ4n) is 1.14. The van der Waals surface area contributed by atoms with E-state index in [1.54, 1.807) is 25.1 Å². The molecule has 1 aromatic rings. The maximum absolute atomic E-state index is 11.3. The summed E-state index contributed by atoms with van der Waals surface area (Å²) >= 11 is 0. The molecule has 0 atom stereocenters. The van der Waals surface area contributed by atoms with E-state index in [0.717, 1.165) is 5.56 Å². The van der Waals surface area contributed by atoms with Crippen LogP contribution in [0.4, 0.5) is 5.69 Å². The van der Waals surface area contributed by atoms with Crippen LogP contribution in [0.2, 0.25) is 0 Å². The second kappa shape index (κ2) is 5.11. The second-order valence-corrected chi connectivity index (χ2v) is 4.51. The van der Waals surface area contributed by atoms with Gasteiger partial charge in [-0.25, -0.2) is 0 Å². The van der Waals surface area contributed by atoms with Gasteiger partial charge in [0.25, 0.3) is 10.2 Å². The van der Waals surface area contributed by atoms with Crippen molar-refractivity contribution < 1.29 is 8.42 Å². The van der Waals surface area contributed by atoms with Crippen molar-refractivity contribution in [1.29, 1.82) is 0 Å². The van der Waals surface area contributed by atoms with Crippen LogP contribution in [0.5, 0.6) is 0 Å². The predicted octanol–water partition coefficient (Wildman–Crippen LogP) is 0.411. The lowest BCUT2D eigenvalue weighted by Gasteiger charge is -2.08. The molecule has 6 heteroatoms. The lowest BCUT2D eigenvalue weighted by Crippen LogP contribution is -2.29. The molecule has 0 heterocycles. The van der Waals surface area contributed by atoms with Crippen LogP contribution in [0, 0.1) is 0 Å². The Balaban J connectivity index is 2.80. The van der Waals surface area contributed by atoms with Crippen molar-refractivity contribution in [3.63, 3.8) is 0 Å². The van der Waals surface area contributed by atoms with Gasteiger partial charge in [-0.2, -0.15) is 13.1 Å². The van der Waals surface area contributed by atoms with Gasteiger partial charge in [-0.15, -0.1) is 0 Å². The van der Waals surface area contributed by atoms with Gasteiger partial charge in [0.15, 0.2) is 0 Å². The molecule has 4 N–H and O–H groups in total. The van der Waals surface area contributed by atoms with Crippen molar-refractivity contribution in [2.24, 2.45) is 5.73 Å². The molecule has 0 saturated carbocycles. The standard InChI is InChI=1S/C9H15N3O2S/c1-2-11-15(13,14)12-9-5-3-4-8(6-9)7-10/h3-6,11-12H,2,7,10H2,1H3. The summed E-state index contributed by atoms with van der Waals surface area (Å²) in [7, 11) is -3.45. The molecule has 15 heavy (non-hydrogen) atoms. The summed E-state index contributed by atoms with van der Waals surface area (Å²) in [6, 6.07) is 6.97. The van der Waals surface area contributed by atoms with Gasteiger partial charge in [-0.05, 0) is 17.7 Å². The zero-order chi connectivity index (χ0) is 11.3. The van der Waals surface area contributed by atoms with Crippen molar-refractivity contribution in [2.75, 3.05) is 11.3 Å². The summed E-state index contributed by atoms with van der Waals surface area (Å²) in [4.78, 5) is 0. The van der Waals surface area contributed by atoms with Crippen LogP contribution in [0.15, 0.2) is 24.3 Å². The molecule has 0 aliphatic rings. The van der Waals surface area contributed by atoms with Crippen molar-refractivity contribution in [2.45, 2.75) is 13.5 Å². The Hall–Kier alpha value is -1.11. The molecule has 1 aromatic carbocycles. The third-order valence-electron chi connectivity index (χ3n) is 1.75. The van der Waals surface area contributed by atoms with E-state index in [-0.39, 0.29) is 0 Å². The van der Waals surface area contributed by atoms with E-state index in [4.69, 9.17) is 5.73 Å². The average Bonchev–Trinajstić information content (AvgIpc) is 2.17. The van der Waals surface area contributed by atoms with Crippen molar-refractivity contribution in [3.8, 4) is 0 Å². The topological polar surface area (TPSA) is 84.2 Å². The fraction of sp³-hybridized carbons (Fsp3) is 0.333. The molecule has 0 bridgehead atoms. The van der Waals surface area contributed by atoms with Gasteiger partial charge in [0.2, 0.25) is 0 Å². The minimum absolute atomic E-state index is 0.353. The van der Waals surface area contributed by atoms with Gasteiger partial charge in [-0.1, -0.05) is 19.1 Å². The molecule has 0 aromatic heterocycles. The maximum atomic E-state index is 11.3.